The van der Waals surface area contributed by atoms with Crippen LogP contribution in [0.3, 0.4) is 0 Å². The van der Waals surface area contributed by atoms with Gasteiger partial charge in [-0.05, 0) is 35.9 Å². The molecule has 0 radical (unpaired) electrons. The van der Waals surface area contributed by atoms with Crippen LogP contribution in [0.4, 0.5) is 5.95 Å². The number of para-hydroxylation sites is 1. The van der Waals surface area contributed by atoms with Crippen molar-refractivity contribution in [2.45, 2.75) is 6.04 Å². The van der Waals surface area contributed by atoms with E-state index in [4.69, 9.17) is 27.6 Å². The molecule has 0 spiro atoms. The Morgan fingerprint density at radius 2 is 1.69 bits per heavy atom. The number of aromatic nitrogens is 2. The lowest BCUT2D eigenvalue weighted by molar-refractivity contribution is 0.0969. The first-order valence-corrected chi connectivity index (χ1v) is 9.43. The van der Waals surface area contributed by atoms with E-state index in [9.17, 15) is 9.59 Å². The second-order valence-electron chi connectivity index (χ2n) is 6.47. The summed E-state index contributed by atoms with van der Waals surface area (Å²) in [4.78, 5) is 36.4. The number of hydrogen-bond donors (Lipinski definition) is 0. The van der Waals surface area contributed by atoms with Crippen LogP contribution < -0.4 is 10.3 Å². The molecule has 1 atom stereocenters. The highest BCUT2D eigenvalue weighted by Crippen LogP contribution is 2.41. The average Bonchev–Trinajstić information content (AvgIpc) is 3.04. The molecule has 142 valence electrons. The van der Waals surface area contributed by atoms with Gasteiger partial charge in [-0.1, -0.05) is 41.4 Å². The Kier molecular flexibility index (Phi) is 4.12. The van der Waals surface area contributed by atoms with Crippen LogP contribution in [0.2, 0.25) is 10.0 Å². The predicted molar refractivity (Wildman–Crippen MR) is 110 cm³/mol. The Morgan fingerprint density at radius 3 is 2.45 bits per heavy atom. The smallest absolute Gasteiger partial charge is 0.297 e. The van der Waals surface area contributed by atoms with E-state index in [-0.39, 0.29) is 22.7 Å². The minimum atomic E-state index is -0.796. The van der Waals surface area contributed by atoms with E-state index in [1.807, 2.05) is 0 Å². The Morgan fingerprint density at radius 1 is 0.931 bits per heavy atom. The van der Waals surface area contributed by atoms with Crippen molar-refractivity contribution in [3.63, 3.8) is 0 Å². The number of benzene rings is 2. The molecule has 0 N–H and O–H groups in total. The topological polar surface area (TPSA) is 76.3 Å². The molecule has 1 aliphatic heterocycles. The highest BCUT2D eigenvalue weighted by Gasteiger charge is 2.45. The summed E-state index contributed by atoms with van der Waals surface area (Å²) in [5, 5.41) is 1.07. The third-order valence-corrected chi connectivity index (χ3v) is 5.54. The van der Waals surface area contributed by atoms with E-state index in [1.165, 1.54) is 17.3 Å². The van der Waals surface area contributed by atoms with Gasteiger partial charge in [0.1, 0.15) is 5.58 Å². The van der Waals surface area contributed by atoms with Crippen LogP contribution >= 0.6 is 23.2 Å². The zero-order chi connectivity index (χ0) is 20.1. The SMILES string of the molecule is O=C1c2oc3ccccc3c(=O)c2[C@@H](c2ccc(Cl)c(Cl)c2)N1c1ncccn1. The van der Waals surface area contributed by atoms with Gasteiger partial charge in [-0.3, -0.25) is 14.5 Å². The van der Waals surface area contributed by atoms with Crippen LogP contribution in [0.25, 0.3) is 11.0 Å². The maximum atomic E-state index is 13.3. The molecule has 5 rings (SSSR count). The van der Waals surface area contributed by atoms with Crippen LogP contribution in [0.1, 0.15) is 27.7 Å². The lowest BCUT2D eigenvalue weighted by atomic mass is 9.98. The van der Waals surface area contributed by atoms with Crippen LogP contribution in [0, 0.1) is 0 Å². The number of rotatable bonds is 2. The lowest BCUT2D eigenvalue weighted by Gasteiger charge is -2.23. The van der Waals surface area contributed by atoms with E-state index < -0.39 is 11.9 Å². The molecular formula is C21H11Cl2N3O3. The van der Waals surface area contributed by atoms with E-state index in [0.717, 1.165) is 0 Å². The fraction of sp³-hybridized carbons (Fsp3) is 0.0476. The van der Waals surface area contributed by atoms with Gasteiger partial charge in [0.25, 0.3) is 5.91 Å². The average molecular weight is 424 g/mol. The first-order chi connectivity index (χ1) is 14.1. The van der Waals surface area contributed by atoms with Crippen LogP contribution in [-0.4, -0.2) is 15.9 Å². The number of carbonyl (C=O) groups is 1. The van der Waals surface area contributed by atoms with Gasteiger partial charge in [-0.25, -0.2) is 9.97 Å². The van der Waals surface area contributed by atoms with Gasteiger partial charge in [0.15, 0.2) is 5.43 Å². The Balaban J connectivity index is 1.84. The van der Waals surface area contributed by atoms with Gasteiger partial charge < -0.3 is 4.42 Å². The normalized spacial score (nSPS) is 15.7. The van der Waals surface area contributed by atoms with E-state index in [0.29, 0.717) is 26.6 Å². The largest absolute Gasteiger partial charge is 0.450 e. The van der Waals surface area contributed by atoms with Crippen LogP contribution in [-0.2, 0) is 0 Å². The van der Waals surface area contributed by atoms with Gasteiger partial charge in [0.05, 0.1) is 27.0 Å². The molecule has 0 bridgehead atoms. The Hall–Kier alpha value is -3.22. The molecule has 6 nitrogen and oxygen atoms in total. The molecule has 3 heterocycles. The molecule has 8 heteroatoms. The summed E-state index contributed by atoms with van der Waals surface area (Å²) < 4.78 is 5.85. The maximum Gasteiger partial charge on any atom is 0.297 e. The first kappa shape index (κ1) is 17.8. The molecule has 2 aromatic heterocycles. The number of hydrogen-bond acceptors (Lipinski definition) is 5. The molecule has 2 aromatic carbocycles. The number of carbonyl (C=O) groups excluding carboxylic acids is 1. The summed E-state index contributed by atoms with van der Waals surface area (Å²) in [7, 11) is 0. The minimum Gasteiger partial charge on any atom is -0.450 e. The number of amides is 1. The molecule has 0 aliphatic carbocycles. The Labute approximate surface area is 174 Å². The summed E-state index contributed by atoms with van der Waals surface area (Å²) in [6.45, 7) is 0. The number of anilines is 1. The first-order valence-electron chi connectivity index (χ1n) is 8.67. The monoisotopic (exact) mass is 423 g/mol. The molecule has 1 aliphatic rings. The molecule has 0 saturated carbocycles. The maximum absolute atomic E-state index is 13.3. The van der Waals surface area contributed by atoms with Crippen molar-refractivity contribution in [2.75, 3.05) is 4.90 Å². The summed E-state index contributed by atoms with van der Waals surface area (Å²) in [5.74, 6) is -0.370. The molecule has 0 saturated heterocycles. The molecular weight excluding hydrogens is 413 g/mol. The van der Waals surface area contributed by atoms with Crippen molar-refractivity contribution < 1.29 is 9.21 Å². The standard InChI is InChI=1S/C21H11Cl2N3O3/c22-13-7-6-11(10-14(13)23)17-16-18(27)12-4-1-2-5-15(12)29-19(16)20(28)26(17)21-24-8-3-9-25-21/h1-10,17H/t17-/m1/s1. The van der Waals surface area contributed by atoms with Crippen molar-refractivity contribution in [3.05, 3.63) is 98.1 Å². The van der Waals surface area contributed by atoms with Crippen LogP contribution in [0.15, 0.2) is 70.1 Å². The number of fused-ring (bicyclic) bond motifs is 2. The highest BCUT2D eigenvalue weighted by atomic mass is 35.5. The number of halogens is 2. The predicted octanol–water partition coefficient (Wildman–Crippen LogP) is 4.64. The molecule has 4 aromatic rings. The van der Waals surface area contributed by atoms with Crippen molar-refractivity contribution in [3.8, 4) is 0 Å². The van der Waals surface area contributed by atoms with Gasteiger partial charge in [-0.2, -0.15) is 0 Å². The van der Waals surface area contributed by atoms with Gasteiger partial charge in [0.2, 0.25) is 11.7 Å². The molecule has 1 amide bonds. The zero-order valence-corrected chi connectivity index (χ0v) is 16.2. The van der Waals surface area contributed by atoms with E-state index in [1.54, 1.807) is 48.5 Å². The van der Waals surface area contributed by atoms with E-state index >= 15 is 0 Å². The third kappa shape index (κ3) is 2.72. The van der Waals surface area contributed by atoms with Crippen molar-refractivity contribution in [1.29, 1.82) is 0 Å². The number of nitrogens with zero attached hydrogens (tertiary/aromatic N) is 3. The fourth-order valence-corrected chi connectivity index (χ4v) is 3.85. The fourth-order valence-electron chi connectivity index (χ4n) is 3.54. The third-order valence-electron chi connectivity index (χ3n) is 4.80. The van der Waals surface area contributed by atoms with Crippen molar-refractivity contribution >= 4 is 46.0 Å². The second-order valence-corrected chi connectivity index (χ2v) is 7.28. The second kappa shape index (κ2) is 6.69. The lowest BCUT2D eigenvalue weighted by Crippen LogP contribution is -2.31. The van der Waals surface area contributed by atoms with Crippen molar-refractivity contribution in [1.82, 2.24) is 9.97 Å². The summed E-state index contributed by atoms with van der Waals surface area (Å²) in [6.07, 6.45) is 3.05. The van der Waals surface area contributed by atoms with Crippen molar-refractivity contribution in [2.24, 2.45) is 0 Å². The molecule has 29 heavy (non-hydrogen) atoms. The minimum absolute atomic E-state index is 0.0303. The van der Waals surface area contributed by atoms with Gasteiger partial charge >= 0.3 is 0 Å². The van der Waals surface area contributed by atoms with Gasteiger partial charge in [0, 0.05) is 12.4 Å². The van der Waals surface area contributed by atoms with Crippen LogP contribution in [0.5, 0.6) is 0 Å². The highest BCUT2D eigenvalue weighted by molar-refractivity contribution is 6.42. The summed E-state index contributed by atoms with van der Waals surface area (Å²) >= 11 is 12.3. The molecule has 0 fully saturated rings. The molecule has 0 unspecified atom stereocenters. The Bertz CT molecular complexity index is 1340. The quantitative estimate of drug-likeness (QED) is 0.469. The van der Waals surface area contributed by atoms with E-state index in [2.05, 4.69) is 9.97 Å². The zero-order valence-electron chi connectivity index (χ0n) is 14.7. The summed E-state index contributed by atoms with van der Waals surface area (Å²) in [6, 6.07) is 12.6. The summed E-state index contributed by atoms with van der Waals surface area (Å²) in [5.41, 5.74) is 0.874. The van der Waals surface area contributed by atoms with Gasteiger partial charge in [-0.15, -0.1) is 0 Å².